The fourth-order valence-electron chi connectivity index (χ4n) is 3.62. The van der Waals surface area contributed by atoms with E-state index >= 15 is 0 Å². The maximum atomic E-state index is 9.79. The number of nitrogens with zero attached hydrogens (tertiary/aromatic N) is 4. The molecule has 0 fully saturated rings. The van der Waals surface area contributed by atoms with Crippen molar-refractivity contribution in [1.82, 2.24) is 14.5 Å². The van der Waals surface area contributed by atoms with Crippen LogP contribution < -0.4 is 0 Å². The van der Waals surface area contributed by atoms with E-state index in [0.717, 1.165) is 22.5 Å². The number of allylic oxidation sites excluding steroid dienone is 1. The third-order valence-corrected chi connectivity index (χ3v) is 5.85. The van der Waals surface area contributed by atoms with E-state index < -0.39 is 0 Å². The van der Waals surface area contributed by atoms with Crippen molar-refractivity contribution in [3.8, 4) is 18.0 Å². The smallest absolute Gasteiger partial charge is 0.222 e. The third kappa shape index (κ3) is 3.41. The number of benzene rings is 1. The second kappa shape index (κ2) is 7.67. The van der Waals surface area contributed by atoms with E-state index in [1.165, 1.54) is 0 Å². The average Bonchev–Trinajstić information content (AvgIpc) is 3.34. The van der Waals surface area contributed by atoms with E-state index in [-0.39, 0.29) is 0 Å². The molecule has 1 aromatic carbocycles. The standard InChI is InChI=1S/C23H17Cl2N5O/c1-11-5-15(13(3)30(11)23-18(10-27)12(2)14(4)31-23)6-16(9-26)22-28-20-8-17(24)7-19(25)21(20)29-22/h5-8H,1-4H3,(H,28,29)/b16-6+. The van der Waals surface area contributed by atoms with Crippen LogP contribution in [0.4, 0.5) is 0 Å². The number of imidazole rings is 1. The van der Waals surface area contributed by atoms with Crippen LogP contribution in [0.15, 0.2) is 22.6 Å². The van der Waals surface area contributed by atoms with E-state index in [1.54, 1.807) is 18.2 Å². The first-order valence-corrected chi connectivity index (χ1v) is 10.2. The summed E-state index contributed by atoms with van der Waals surface area (Å²) in [6.07, 6.45) is 1.75. The van der Waals surface area contributed by atoms with E-state index in [2.05, 4.69) is 22.1 Å². The third-order valence-electron chi connectivity index (χ3n) is 5.34. The van der Waals surface area contributed by atoms with E-state index in [4.69, 9.17) is 27.6 Å². The molecule has 0 amide bonds. The molecule has 4 aromatic rings. The Labute approximate surface area is 188 Å². The molecular weight excluding hydrogens is 433 g/mol. The maximum Gasteiger partial charge on any atom is 0.222 e. The minimum absolute atomic E-state index is 0.343. The molecule has 4 rings (SSSR count). The Kier molecular flexibility index (Phi) is 5.15. The van der Waals surface area contributed by atoms with Crippen molar-refractivity contribution < 1.29 is 4.42 Å². The monoisotopic (exact) mass is 449 g/mol. The Morgan fingerprint density at radius 1 is 1.16 bits per heavy atom. The minimum atomic E-state index is 0.343. The number of aryl methyl sites for hydroxylation is 2. The lowest BCUT2D eigenvalue weighted by atomic mass is 10.1. The number of hydrogen-bond donors (Lipinski definition) is 1. The molecule has 31 heavy (non-hydrogen) atoms. The van der Waals surface area contributed by atoms with Crippen LogP contribution >= 0.6 is 23.2 Å². The minimum Gasteiger partial charge on any atom is -0.443 e. The van der Waals surface area contributed by atoms with Gasteiger partial charge >= 0.3 is 0 Å². The Hall–Kier alpha value is -3.45. The topological polar surface area (TPSA) is 94.3 Å². The number of nitrogens with one attached hydrogen (secondary N) is 1. The maximum absolute atomic E-state index is 9.79. The van der Waals surface area contributed by atoms with Crippen LogP contribution in [-0.4, -0.2) is 14.5 Å². The van der Waals surface area contributed by atoms with Crippen LogP contribution in [0.2, 0.25) is 10.0 Å². The van der Waals surface area contributed by atoms with Crippen molar-refractivity contribution in [3.05, 3.63) is 67.9 Å². The molecule has 0 saturated carbocycles. The van der Waals surface area contributed by atoms with E-state index in [0.29, 0.717) is 49.7 Å². The second-order valence-electron chi connectivity index (χ2n) is 7.27. The van der Waals surface area contributed by atoms with Gasteiger partial charge in [-0.1, -0.05) is 23.2 Å². The fourth-order valence-corrected chi connectivity index (χ4v) is 4.15. The van der Waals surface area contributed by atoms with Crippen molar-refractivity contribution in [3.63, 3.8) is 0 Å². The zero-order chi connectivity index (χ0) is 22.4. The predicted molar refractivity (Wildman–Crippen MR) is 121 cm³/mol. The summed E-state index contributed by atoms with van der Waals surface area (Å²) in [4.78, 5) is 7.58. The molecule has 3 heterocycles. The molecule has 0 radical (unpaired) electrons. The Morgan fingerprint density at radius 2 is 1.90 bits per heavy atom. The van der Waals surface area contributed by atoms with Crippen molar-refractivity contribution in [2.75, 3.05) is 0 Å². The molecule has 0 aliphatic heterocycles. The van der Waals surface area contributed by atoms with Crippen LogP contribution in [0.5, 0.6) is 0 Å². The fraction of sp³-hybridized carbons (Fsp3) is 0.174. The number of aromatic amines is 1. The number of furan rings is 1. The molecule has 0 bridgehead atoms. The number of nitriles is 2. The summed E-state index contributed by atoms with van der Waals surface area (Å²) < 4.78 is 7.77. The lowest BCUT2D eigenvalue weighted by Crippen LogP contribution is -2.00. The molecule has 0 spiro atoms. The molecule has 154 valence electrons. The summed E-state index contributed by atoms with van der Waals surface area (Å²) in [6, 6.07) is 9.68. The Bertz CT molecular complexity index is 1470. The molecule has 8 heteroatoms. The number of hydrogen-bond acceptors (Lipinski definition) is 4. The highest BCUT2D eigenvalue weighted by molar-refractivity contribution is 6.38. The van der Waals surface area contributed by atoms with Crippen molar-refractivity contribution >= 4 is 45.9 Å². The van der Waals surface area contributed by atoms with Crippen LogP contribution in [0.1, 0.15) is 39.7 Å². The Balaban J connectivity index is 1.85. The molecule has 0 aliphatic rings. The van der Waals surface area contributed by atoms with Gasteiger partial charge in [-0.15, -0.1) is 0 Å². The molecule has 1 N–H and O–H groups in total. The zero-order valence-corrected chi connectivity index (χ0v) is 18.8. The first kappa shape index (κ1) is 20.8. The zero-order valence-electron chi connectivity index (χ0n) is 17.3. The van der Waals surface area contributed by atoms with E-state index in [1.807, 2.05) is 38.3 Å². The van der Waals surface area contributed by atoms with Gasteiger partial charge < -0.3 is 9.40 Å². The summed E-state index contributed by atoms with van der Waals surface area (Å²) in [6.45, 7) is 7.54. The number of aromatic nitrogens is 3. The molecule has 3 aromatic heterocycles. The highest BCUT2D eigenvalue weighted by Crippen LogP contribution is 2.31. The van der Waals surface area contributed by atoms with Gasteiger partial charge in [-0.25, -0.2) is 4.98 Å². The molecule has 0 unspecified atom stereocenters. The number of H-pyrrole nitrogens is 1. The predicted octanol–water partition coefficient (Wildman–Crippen LogP) is 6.42. The number of rotatable bonds is 3. The second-order valence-corrected chi connectivity index (χ2v) is 8.12. The number of halogens is 2. The summed E-state index contributed by atoms with van der Waals surface area (Å²) in [5, 5.41) is 20.3. The van der Waals surface area contributed by atoms with Gasteiger partial charge in [-0.3, -0.25) is 4.57 Å². The van der Waals surface area contributed by atoms with Gasteiger partial charge in [-0.2, -0.15) is 10.5 Å². The molecule has 0 aliphatic carbocycles. The quantitative estimate of drug-likeness (QED) is 0.364. The van der Waals surface area contributed by atoms with Gasteiger partial charge in [0.15, 0.2) is 0 Å². The van der Waals surface area contributed by atoms with Gasteiger partial charge in [0.1, 0.15) is 29.3 Å². The highest BCUT2D eigenvalue weighted by Gasteiger charge is 2.21. The SMILES string of the molecule is Cc1oc(-n2c(C)cc(/C=C(\C#N)c3nc4cc(Cl)cc(Cl)c4[nH]3)c2C)c(C#N)c1C. The van der Waals surface area contributed by atoms with Crippen LogP contribution in [0, 0.1) is 50.4 Å². The van der Waals surface area contributed by atoms with Crippen molar-refractivity contribution in [1.29, 1.82) is 10.5 Å². The number of fused-ring (bicyclic) bond motifs is 1. The molecule has 6 nitrogen and oxygen atoms in total. The van der Waals surface area contributed by atoms with Crippen LogP contribution in [-0.2, 0) is 0 Å². The largest absolute Gasteiger partial charge is 0.443 e. The van der Waals surface area contributed by atoms with Crippen LogP contribution in [0.25, 0.3) is 28.6 Å². The summed E-state index contributed by atoms with van der Waals surface area (Å²) >= 11 is 12.3. The van der Waals surface area contributed by atoms with Gasteiger partial charge in [0, 0.05) is 22.0 Å². The van der Waals surface area contributed by atoms with E-state index in [9.17, 15) is 10.5 Å². The first-order chi connectivity index (χ1) is 14.7. The van der Waals surface area contributed by atoms with Crippen molar-refractivity contribution in [2.45, 2.75) is 27.7 Å². The summed E-state index contributed by atoms with van der Waals surface area (Å²) in [7, 11) is 0. The highest BCUT2D eigenvalue weighted by atomic mass is 35.5. The first-order valence-electron chi connectivity index (χ1n) is 9.41. The van der Waals surface area contributed by atoms with Gasteiger partial charge in [0.2, 0.25) is 5.88 Å². The molecule has 0 atom stereocenters. The normalized spacial score (nSPS) is 11.7. The summed E-state index contributed by atoms with van der Waals surface area (Å²) in [5.74, 6) is 1.58. The van der Waals surface area contributed by atoms with Gasteiger partial charge in [0.25, 0.3) is 0 Å². The van der Waals surface area contributed by atoms with Gasteiger partial charge in [0.05, 0.1) is 21.6 Å². The Morgan fingerprint density at radius 3 is 2.58 bits per heavy atom. The molecule has 0 saturated heterocycles. The average molecular weight is 450 g/mol. The van der Waals surface area contributed by atoms with Crippen molar-refractivity contribution in [2.24, 2.45) is 0 Å². The summed E-state index contributed by atoms with van der Waals surface area (Å²) in [5.41, 5.74) is 5.40. The lowest BCUT2D eigenvalue weighted by Gasteiger charge is -2.06. The van der Waals surface area contributed by atoms with Crippen LogP contribution in [0.3, 0.4) is 0 Å². The lowest BCUT2D eigenvalue weighted by molar-refractivity contribution is 0.503. The molecular formula is C23H17Cl2N5O. The van der Waals surface area contributed by atoms with Gasteiger partial charge in [-0.05, 0) is 57.5 Å².